The molecule has 2 N–H and O–H groups in total. The van der Waals surface area contributed by atoms with Gasteiger partial charge in [-0.3, -0.25) is 9.59 Å². The molecule has 0 atom stereocenters. The second kappa shape index (κ2) is 7.23. The van der Waals surface area contributed by atoms with Crippen molar-refractivity contribution >= 4 is 34.9 Å². The maximum absolute atomic E-state index is 12.1. The summed E-state index contributed by atoms with van der Waals surface area (Å²) in [7, 11) is 0. The molecule has 0 aliphatic carbocycles. The Morgan fingerprint density at radius 1 is 1.30 bits per heavy atom. The predicted octanol–water partition coefficient (Wildman–Crippen LogP) is 2.47. The predicted molar refractivity (Wildman–Crippen MR) is 88.3 cm³/mol. The minimum absolute atomic E-state index is 0.0174. The zero-order chi connectivity index (χ0) is 17.0. The lowest BCUT2D eigenvalue weighted by Crippen LogP contribution is -2.20. The van der Waals surface area contributed by atoms with Gasteiger partial charge in [-0.05, 0) is 24.6 Å². The fraction of sp³-hybridized carbons (Fsp3) is 0.333. The van der Waals surface area contributed by atoms with Crippen LogP contribution in [-0.2, 0) is 16.1 Å². The Kier molecular flexibility index (Phi) is 5.33. The molecule has 0 aliphatic heterocycles. The van der Waals surface area contributed by atoms with Crippen LogP contribution in [-0.4, -0.2) is 26.8 Å². The van der Waals surface area contributed by atoms with E-state index in [1.165, 1.54) is 10.9 Å². The van der Waals surface area contributed by atoms with E-state index in [-0.39, 0.29) is 24.3 Å². The summed E-state index contributed by atoms with van der Waals surface area (Å²) in [5.41, 5.74) is 1.45. The molecule has 7 nitrogen and oxygen atoms in total. The summed E-state index contributed by atoms with van der Waals surface area (Å²) in [5, 5.41) is 13.6. The highest BCUT2D eigenvalue weighted by Crippen LogP contribution is 2.22. The van der Waals surface area contributed by atoms with Crippen molar-refractivity contribution in [3.8, 4) is 0 Å². The Morgan fingerprint density at radius 2 is 2.04 bits per heavy atom. The van der Waals surface area contributed by atoms with Crippen LogP contribution in [0.1, 0.15) is 19.4 Å². The molecule has 8 heteroatoms. The van der Waals surface area contributed by atoms with E-state index in [0.717, 1.165) is 5.56 Å². The summed E-state index contributed by atoms with van der Waals surface area (Å²) in [6.45, 7) is 5.37. The molecular formula is C15H18ClN5O2. The van der Waals surface area contributed by atoms with E-state index in [1.54, 1.807) is 32.0 Å². The molecule has 122 valence electrons. The minimum atomic E-state index is -0.262. The summed E-state index contributed by atoms with van der Waals surface area (Å²) in [6, 6.07) is 5.29. The molecule has 1 aromatic heterocycles. The highest BCUT2D eigenvalue weighted by Gasteiger charge is 2.12. The number of halogens is 1. The number of aromatic nitrogens is 3. The van der Waals surface area contributed by atoms with E-state index in [0.29, 0.717) is 16.5 Å². The fourth-order valence-corrected chi connectivity index (χ4v) is 1.96. The Morgan fingerprint density at radius 3 is 2.74 bits per heavy atom. The van der Waals surface area contributed by atoms with Gasteiger partial charge in [0.2, 0.25) is 11.8 Å². The van der Waals surface area contributed by atoms with Crippen molar-refractivity contribution in [1.82, 2.24) is 15.0 Å². The lowest BCUT2D eigenvalue weighted by molar-refractivity contribution is -0.119. The first-order valence-electron chi connectivity index (χ1n) is 7.12. The summed E-state index contributed by atoms with van der Waals surface area (Å²) in [5.74, 6) is -0.261. The molecule has 0 bridgehead atoms. The van der Waals surface area contributed by atoms with Gasteiger partial charge in [0.05, 0.1) is 6.20 Å². The van der Waals surface area contributed by atoms with Crippen LogP contribution in [0.25, 0.3) is 0 Å². The van der Waals surface area contributed by atoms with Crippen LogP contribution in [0, 0.1) is 12.8 Å². The van der Waals surface area contributed by atoms with E-state index in [2.05, 4.69) is 20.9 Å². The molecule has 2 aromatic rings. The number of carbonyl (C=O) groups excluding carboxylic acids is 2. The van der Waals surface area contributed by atoms with Gasteiger partial charge in [0.1, 0.15) is 6.54 Å². The zero-order valence-corrected chi connectivity index (χ0v) is 13.9. The van der Waals surface area contributed by atoms with Gasteiger partial charge in [-0.25, -0.2) is 4.68 Å². The van der Waals surface area contributed by atoms with E-state index < -0.39 is 0 Å². The highest BCUT2D eigenvalue weighted by molar-refractivity contribution is 6.31. The third-order valence-corrected chi connectivity index (χ3v) is 3.57. The summed E-state index contributed by atoms with van der Waals surface area (Å²) in [4.78, 5) is 23.6. The van der Waals surface area contributed by atoms with Crippen molar-refractivity contribution in [3.63, 3.8) is 0 Å². The van der Waals surface area contributed by atoms with Gasteiger partial charge in [-0.2, -0.15) is 0 Å². The second-order valence-corrected chi connectivity index (χ2v) is 5.81. The quantitative estimate of drug-likeness (QED) is 0.878. The van der Waals surface area contributed by atoms with Crippen molar-refractivity contribution in [2.75, 3.05) is 10.6 Å². The molecule has 2 rings (SSSR count). The zero-order valence-electron chi connectivity index (χ0n) is 13.1. The molecule has 23 heavy (non-hydrogen) atoms. The van der Waals surface area contributed by atoms with Gasteiger partial charge in [-0.15, -0.1) is 5.10 Å². The van der Waals surface area contributed by atoms with Crippen molar-refractivity contribution < 1.29 is 9.59 Å². The van der Waals surface area contributed by atoms with Gasteiger partial charge in [0.15, 0.2) is 5.82 Å². The third kappa shape index (κ3) is 4.53. The van der Waals surface area contributed by atoms with Crippen LogP contribution < -0.4 is 10.6 Å². The normalized spacial score (nSPS) is 10.7. The van der Waals surface area contributed by atoms with Gasteiger partial charge in [0.25, 0.3) is 0 Å². The average molecular weight is 336 g/mol. The molecule has 1 aromatic carbocycles. The van der Waals surface area contributed by atoms with Gasteiger partial charge in [0, 0.05) is 16.6 Å². The Balaban J connectivity index is 1.97. The van der Waals surface area contributed by atoms with Crippen LogP contribution in [0.15, 0.2) is 24.4 Å². The number of nitrogens with one attached hydrogen (secondary N) is 2. The Labute approximate surface area is 139 Å². The molecule has 0 saturated carbocycles. The number of amides is 2. The maximum atomic E-state index is 12.1. The molecular weight excluding hydrogens is 318 g/mol. The average Bonchev–Trinajstić information content (AvgIpc) is 2.90. The summed E-state index contributed by atoms with van der Waals surface area (Å²) >= 11 is 6.02. The molecule has 2 amide bonds. The van der Waals surface area contributed by atoms with E-state index in [9.17, 15) is 9.59 Å². The first-order chi connectivity index (χ1) is 10.9. The number of hydrogen-bond donors (Lipinski definition) is 2. The van der Waals surface area contributed by atoms with Gasteiger partial charge in [-0.1, -0.05) is 36.7 Å². The number of rotatable bonds is 5. The van der Waals surface area contributed by atoms with Gasteiger partial charge >= 0.3 is 0 Å². The lowest BCUT2D eigenvalue weighted by Gasteiger charge is -2.09. The third-order valence-electron chi connectivity index (χ3n) is 3.16. The lowest BCUT2D eigenvalue weighted by atomic mass is 10.2. The van der Waals surface area contributed by atoms with Crippen LogP contribution in [0.5, 0.6) is 0 Å². The number of carbonyl (C=O) groups is 2. The first kappa shape index (κ1) is 17.0. The smallest absolute Gasteiger partial charge is 0.246 e. The second-order valence-electron chi connectivity index (χ2n) is 5.41. The molecule has 0 radical (unpaired) electrons. The van der Waals surface area contributed by atoms with E-state index >= 15 is 0 Å². The number of nitrogens with zero attached hydrogens (tertiary/aromatic N) is 3. The van der Waals surface area contributed by atoms with Crippen LogP contribution in [0.4, 0.5) is 11.5 Å². The SMILES string of the molecule is Cc1c(Cl)cccc1NC(=O)Cn1cc(NC(=O)C(C)C)nn1. The molecule has 0 aliphatic rings. The summed E-state index contributed by atoms with van der Waals surface area (Å²) in [6.07, 6.45) is 1.50. The van der Waals surface area contributed by atoms with Crippen molar-refractivity contribution in [2.45, 2.75) is 27.3 Å². The van der Waals surface area contributed by atoms with Gasteiger partial charge < -0.3 is 10.6 Å². The van der Waals surface area contributed by atoms with Crippen LogP contribution in [0.2, 0.25) is 5.02 Å². The first-order valence-corrected chi connectivity index (χ1v) is 7.50. The monoisotopic (exact) mass is 335 g/mol. The highest BCUT2D eigenvalue weighted by atomic mass is 35.5. The Hall–Kier alpha value is -2.41. The Bertz CT molecular complexity index is 726. The number of hydrogen-bond acceptors (Lipinski definition) is 4. The summed E-state index contributed by atoms with van der Waals surface area (Å²) < 4.78 is 1.35. The maximum Gasteiger partial charge on any atom is 0.246 e. The number of anilines is 2. The van der Waals surface area contributed by atoms with Crippen molar-refractivity contribution in [3.05, 3.63) is 35.0 Å². The molecule has 0 spiro atoms. The number of benzene rings is 1. The van der Waals surface area contributed by atoms with Crippen LogP contribution >= 0.6 is 11.6 Å². The topological polar surface area (TPSA) is 88.9 Å². The van der Waals surface area contributed by atoms with Crippen molar-refractivity contribution in [2.24, 2.45) is 5.92 Å². The fourth-order valence-electron chi connectivity index (χ4n) is 1.78. The van der Waals surface area contributed by atoms with E-state index in [4.69, 9.17) is 11.6 Å². The largest absolute Gasteiger partial charge is 0.324 e. The van der Waals surface area contributed by atoms with Crippen molar-refractivity contribution in [1.29, 1.82) is 0 Å². The molecule has 1 heterocycles. The molecule has 0 saturated heterocycles. The minimum Gasteiger partial charge on any atom is -0.324 e. The molecule has 0 fully saturated rings. The standard InChI is InChI=1S/C15H18ClN5O2/c1-9(2)15(23)18-13-7-21(20-19-13)8-14(22)17-12-6-4-5-11(16)10(12)3/h4-7,9H,8H2,1-3H3,(H,17,22)(H,18,23). The van der Waals surface area contributed by atoms with Crippen LogP contribution in [0.3, 0.4) is 0 Å². The molecule has 0 unspecified atom stereocenters. The van der Waals surface area contributed by atoms with E-state index in [1.807, 2.05) is 6.92 Å².